The molecule has 3 rings (SSSR count). The Morgan fingerprint density at radius 3 is 2.61 bits per heavy atom. The fourth-order valence-electron chi connectivity index (χ4n) is 3.50. The maximum Gasteiger partial charge on any atom is 0.115 e. The minimum absolute atomic E-state index is 0.334. The SMILES string of the molecule is Oc1ccc(NC2CCCC2C2CCCN2)cc1. The molecular weight excluding hydrogens is 224 g/mol. The second-order valence-electron chi connectivity index (χ2n) is 5.60. The summed E-state index contributed by atoms with van der Waals surface area (Å²) in [4.78, 5) is 0. The highest BCUT2D eigenvalue weighted by molar-refractivity contribution is 5.47. The molecule has 3 nitrogen and oxygen atoms in total. The van der Waals surface area contributed by atoms with E-state index in [-0.39, 0.29) is 0 Å². The zero-order chi connectivity index (χ0) is 12.4. The summed E-state index contributed by atoms with van der Waals surface area (Å²) in [6.45, 7) is 1.19. The van der Waals surface area contributed by atoms with E-state index < -0.39 is 0 Å². The maximum absolute atomic E-state index is 9.30. The van der Waals surface area contributed by atoms with Crippen molar-refractivity contribution >= 4 is 5.69 Å². The highest BCUT2D eigenvalue weighted by Gasteiger charge is 2.34. The van der Waals surface area contributed by atoms with Gasteiger partial charge in [0.05, 0.1) is 0 Å². The summed E-state index contributed by atoms with van der Waals surface area (Å²) < 4.78 is 0. The lowest BCUT2D eigenvalue weighted by Gasteiger charge is -2.27. The molecule has 1 heterocycles. The topological polar surface area (TPSA) is 44.3 Å². The molecule has 0 bridgehead atoms. The van der Waals surface area contributed by atoms with E-state index >= 15 is 0 Å². The number of rotatable bonds is 3. The summed E-state index contributed by atoms with van der Waals surface area (Å²) in [5.41, 5.74) is 1.13. The molecule has 0 radical (unpaired) electrons. The molecule has 0 spiro atoms. The Morgan fingerprint density at radius 2 is 1.89 bits per heavy atom. The molecule has 98 valence electrons. The maximum atomic E-state index is 9.30. The van der Waals surface area contributed by atoms with Crippen molar-refractivity contribution < 1.29 is 5.11 Å². The normalized spacial score (nSPS) is 31.7. The average molecular weight is 246 g/mol. The standard InChI is InChI=1S/C15H22N2O/c18-12-8-6-11(7-9-12)17-15-4-1-3-13(15)14-5-2-10-16-14/h6-9,13-18H,1-5,10H2. The van der Waals surface area contributed by atoms with Gasteiger partial charge < -0.3 is 15.7 Å². The summed E-state index contributed by atoms with van der Waals surface area (Å²) in [6.07, 6.45) is 6.60. The minimum atomic E-state index is 0.334. The van der Waals surface area contributed by atoms with Crippen molar-refractivity contribution in [3.05, 3.63) is 24.3 Å². The smallest absolute Gasteiger partial charge is 0.115 e. The van der Waals surface area contributed by atoms with Crippen molar-refractivity contribution in [3.8, 4) is 5.75 Å². The van der Waals surface area contributed by atoms with Gasteiger partial charge in [-0.1, -0.05) is 6.42 Å². The lowest BCUT2D eigenvalue weighted by molar-refractivity contribution is 0.376. The van der Waals surface area contributed by atoms with E-state index in [2.05, 4.69) is 10.6 Å². The molecule has 1 aromatic carbocycles. The summed E-state index contributed by atoms with van der Waals surface area (Å²) in [7, 11) is 0. The number of nitrogens with one attached hydrogen (secondary N) is 2. The fourth-order valence-corrected chi connectivity index (χ4v) is 3.50. The zero-order valence-corrected chi connectivity index (χ0v) is 10.7. The zero-order valence-electron chi connectivity index (χ0n) is 10.7. The van der Waals surface area contributed by atoms with Crippen LogP contribution in [0.25, 0.3) is 0 Å². The van der Waals surface area contributed by atoms with Crippen LogP contribution in [0.5, 0.6) is 5.75 Å². The summed E-state index contributed by atoms with van der Waals surface area (Å²) in [5, 5.41) is 16.6. The second-order valence-corrected chi connectivity index (χ2v) is 5.60. The van der Waals surface area contributed by atoms with E-state index in [0.717, 1.165) is 11.6 Å². The van der Waals surface area contributed by atoms with E-state index in [1.54, 1.807) is 12.1 Å². The first-order valence-corrected chi connectivity index (χ1v) is 7.12. The predicted molar refractivity (Wildman–Crippen MR) is 73.9 cm³/mol. The molecule has 3 unspecified atom stereocenters. The van der Waals surface area contributed by atoms with Gasteiger partial charge in [-0.25, -0.2) is 0 Å². The van der Waals surface area contributed by atoms with Gasteiger partial charge in [0.1, 0.15) is 5.75 Å². The van der Waals surface area contributed by atoms with Crippen molar-refractivity contribution in [2.75, 3.05) is 11.9 Å². The van der Waals surface area contributed by atoms with Crippen LogP contribution in [0, 0.1) is 5.92 Å². The molecule has 3 N–H and O–H groups in total. The number of aromatic hydroxyl groups is 1. The molecule has 3 heteroatoms. The fraction of sp³-hybridized carbons (Fsp3) is 0.600. The van der Waals surface area contributed by atoms with Gasteiger partial charge in [-0.05, 0) is 62.4 Å². The predicted octanol–water partition coefficient (Wildman–Crippen LogP) is 2.72. The van der Waals surface area contributed by atoms with Gasteiger partial charge >= 0.3 is 0 Å². The van der Waals surface area contributed by atoms with Crippen LogP contribution in [0.15, 0.2) is 24.3 Å². The molecular formula is C15H22N2O. The van der Waals surface area contributed by atoms with E-state index in [4.69, 9.17) is 0 Å². The van der Waals surface area contributed by atoms with E-state index in [0.29, 0.717) is 17.8 Å². The lowest BCUT2D eigenvalue weighted by Crippen LogP contribution is -2.38. The van der Waals surface area contributed by atoms with Crippen LogP contribution in [0.1, 0.15) is 32.1 Å². The summed E-state index contributed by atoms with van der Waals surface area (Å²) in [5.74, 6) is 1.10. The van der Waals surface area contributed by atoms with E-state index in [1.165, 1.54) is 38.6 Å². The Hall–Kier alpha value is -1.22. The Bertz CT molecular complexity index is 384. The molecule has 1 aromatic rings. The van der Waals surface area contributed by atoms with Crippen LogP contribution < -0.4 is 10.6 Å². The van der Waals surface area contributed by atoms with Gasteiger partial charge in [0.15, 0.2) is 0 Å². The molecule has 2 aliphatic rings. The van der Waals surface area contributed by atoms with Crippen LogP contribution >= 0.6 is 0 Å². The van der Waals surface area contributed by atoms with Gasteiger partial charge in [0.2, 0.25) is 0 Å². The van der Waals surface area contributed by atoms with Crippen LogP contribution in [0.4, 0.5) is 5.69 Å². The van der Waals surface area contributed by atoms with Crippen LogP contribution in [0.2, 0.25) is 0 Å². The highest BCUT2D eigenvalue weighted by Crippen LogP contribution is 2.34. The third-order valence-electron chi connectivity index (χ3n) is 4.40. The summed E-state index contributed by atoms with van der Waals surface area (Å²) >= 11 is 0. The van der Waals surface area contributed by atoms with Crippen molar-refractivity contribution in [3.63, 3.8) is 0 Å². The number of benzene rings is 1. The largest absolute Gasteiger partial charge is 0.508 e. The van der Waals surface area contributed by atoms with Crippen molar-refractivity contribution in [2.45, 2.75) is 44.2 Å². The number of phenolic OH excluding ortho intramolecular Hbond substituents is 1. The van der Waals surface area contributed by atoms with E-state index in [1.807, 2.05) is 12.1 Å². The Balaban J connectivity index is 1.65. The average Bonchev–Trinajstić information content (AvgIpc) is 3.02. The number of hydrogen-bond acceptors (Lipinski definition) is 3. The second kappa shape index (κ2) is 5.19. The Labute approximate surface area is 109 Å². The number of phenols is 1. The molecule has 18 heavy (non-hydrogen) atoms. The van der Waals surface area contributed by atoms with Crippen molar-refractivity contribution in [1.29, 1.82) is 0 Å². The molecule has 0 aromatic heterocycles. The van der Waals surface area contributed by atoms with Gasteiger partial charge in [-0.15, -0.1) is 0 Å². The number of anilines is 1. The third-order valence-corrected chi connectivity index (χ3v) is 4.40. The molecule has 1 aliphatic carbocycles. The van der Waals surface area contributed by atoms with Gasteiger partial charge in [0, 0.05) is 17.8 Å². The first kappa shape index (κ1) is 11.8. The quantitative estimate of drug-likeness (QED) is 0.719. The Kier molecular flexibility index (Phi) is 3.41. The van der Waals surface area contributed by atoms with Crippen molar-refractivity contribution in [2.24, 2.45) is 5.92 Å². The van der Waals surface area contributed by atoms with Gasteiger partial charge in [0.25, 0.3) is 0 Å². The monoisotopic (exact) mass is 246 g/mol. The molecule has 1 saturated carbocycles. The minimum Gasteiger partial charge on any atom is -0.508 e. The van der Waals surface area contributed by atoms with Gasteiger partial charge in [-0.3, -0.25) is 0 Å². The molecule has 1 saturated heterocycles. The first-order valence-electron chi connectivity index (χ1n) is 7.12. The van der Waals surface area contributed by atoms with Crippen molar-refractivity contribution in [1.82, 2.24) is 5.32 Å². The molecule has 0 amide bonds. The first-order chi connectivity index (χ1) is 8.83. The van der Waals surface area contributed by atoms with Crippen LogP contribution in [-0.2, 0) is 0 Å². The molecule has 2 fully saturated rings. The Morgan fingerprint density at radius 1 is 1.06 bits per heavy atom. The van der Waals surface area contributed by atoms with Crippen LogP contribution in [-0.4, -0.2) is 23.7 Å². The third kappa shape index (κ3) is 2.46. The van der Waals surface area contributed by atoms with E-state index in [9.17, 15) is 5.11 Å². The molecule has 3 atom stereocenters. The highest BCUT2D eigenvalue weighted by atomic mass is 16.3. The number of hydrogen-bond donors (Lipinski definition) is 3. The van der Waals surface area contributed by atoms with Gasteiger partial charge in [-0.2, -0.15) is 0 Å². The van der Waals surface area contributed by atoms with Crippen LogP contribution in [0.3, 0.4) is 0 Å². The summed E-state index contributed by atoms with van der Waals surface area (Å²) in [6, 6.07) is 8.73. The lowest BCUT2D eigenvalue weighted by atomic mass is 9.93. The molecule has 1 aliphatic heterocycles.